The Kier molecular flexibility index (Phi) is 3.15. The van der Waals surface area contributed by atoms with Gasteiger partial charge in [0.25, 0.3) is 5.91 Å². The summed E-state index contributed by atoms with van der Waals surface area (Å²) in [5.41, 5.74) is 0.966. The van der Waals surface area contributed by atoms with Crippen LogP contribution in [-0.2, 0) is 0 Å². The molecule has 2 aliphatic carbocycles. The normalized spacial score (nSPS) is 33.0. The zero-order valence-electron chi connectivity index (χ0n) is 13.7. The van der Waals surface area contributed by atoms with Crippen molar-refractivity contribution in [2.75, 3.05) is 6.79 Å². The topological polar surface area (TPSA) is 47.6 Å². The summed E-state index contributed by atoms with van der Waals surface area (Å²) < 4.78 is 10.7. The van der Waals surface area contributed by atoms with Crippen molar-refractivity contribution < 1.29 is 14.3 Å². The molecule has 124 valence electrons. The van der Waals surface area contributed by atoms with Crippen LogP contribution in [0.4, 0.5) is 0 Å². The van der Waals surface area contributed by atoms with Gasteiger partial charge in [-0.25, -0.2) is 0 Å². The van der Waals surface area contributed by atoms with Gasteiger partial charge in [-0.1, -0.05) is 32.4 Å². The summed E-state index contributed by atoms with van der Waals surface area (Å²) in [4.78, 5) is 12.7. The summed E-state index contributed by atoms with van der Waals surface area (Å²) in [5, 5.41) is 3.67. The van der Waals surface area contributed by atoms with Crippen LogP contribution in [0.1, 0.15) is 50.4 Å². The second kappa shape index (κ2) is 4.79. The Morgan fingerprint density at radius 1 is 1.30 bits per heavy atom. The number of carbonyl (C=O) groups is 1. The van der Waals surface area contributed by atoms with Crippen molar-refractivity contribution >= 4 is 17.5 Å². The first kappa shape index (κ1) is 15.1. The molecule has 4 rings (SSSR count). The highest BCUT2D eigenvalue weighted by atomic mass is 35.5. The lowest BCUT2D eigenvalue weighted by molar-refractivity contribution is 0.0826. The van der Waals surface area contributed by atoms with Crippen LogP contribution in [0.15, 0.2) is 12.1 Å². The first-order valence-corrected chi connectivity index (χ1v) is 8.61. The summed E-state index contributed by atoms with van der Waals surface area (Å²) >= 11 is 6.19. The molecule has 1 amide bonds. The number of carbonyl (C=O) groups excluding carboxylic acids is 1. The molecule has 5 heteroatoms. The van der Waals surface area contributed by atoms with Gasteiger partial charge in [0.1, 0.15) is 0 Å². The van der Waals surface area contributed by atoms with E-state index in [1.54, 1.807) is 12.1 Å². The van der Waals surface area contributed by atoms with E-state index in [0.717, 1.165) is 6.42 Å². The van der Waals surface area contributed by atoms with Crippen molar-refractivity contribution in [2.24, 2.45) is 16.7 Å². The number of hydrogen-bond donors (Lipinski definition) is 1. The lowest BCUT2D eigenvalue weighted by Gasteiger charge is -2.39. The van der Waals surface area contributed by atoms with Gasteiger partial charge in [-0.15, -0.1) is 0 Å². The lowest BCUT2D eigenvalue weighted by Crippen LogP contribution is -2.46. The molecule has 2 fully saturated rings. The van der Waals surface area contributed by atoms with Crippen LogP contribution in [0, 0.1) is 16.7 Å². The molecule has 2 saturated carbocycles. The quantitative estimate of drug-likeness (QED) is 0.888. The second-order valence-corrected chi connectivity index (χ2v) is 8.24. The number of amides is 1. The third-order valence-corrected chi connectivity index (χ3v) is 7.07. The van der Waals surface area contributed by atoms with Gasteiger partial charge in [0, 0.05) is 11.6 Å². The van der Waals surface area contributed by atoms with Crippen molar-refractivity contribution in [2.45, 2.75) is 46.1 Å². The number of benzene rings is 1. The molecule has 1 N–H and O–H groups in total. The predicted octanol–water partition coefficient (Wildman–Crippen LogP) is 4.01. The molecule has 0 aromatic heterocycles. The van der Waals surface area contributed by atoms with E-state index in [9.17, 15) is 4.79 Å². The van der Waals surface area contributed by atoms with Crippen LogP contribution in [-0.4, -0.2) is 18.7 Å². The lowest BCUT2D eigenvalue weighted by atomic mass is 9.69. The summed E-state index contributed by atoms with van der Waals surface area (Å²) in [6, 6.07) is 3.59. The molecule has 0 radical (unpaired) electrons. The molecule has 0 spiro atoms. The van der Waals surface area contributed by atoms with E-state index < -0.39 is 0 Å². The van der Waals surface area contributed by atoms with Gasteiger partial charge in [0.05, 0.1) is 5.02 Å². The third kappa shape index (κ3) is 2.00. The van der Waals surface area contributed by atoms with E-state index in [-0.39, 0.29) is 29.6 Å². The summed E-state index contributed by atoms with van der Waals surface area (Å²) in [5.74, 6) is 1.68. The van der Waals surface area contributed by atoms with Crippen molar-refractivity contribution in [3.63, 3.8) is 0 Å². The Morgan fingerprint density at radius 3 is 2.74 bits per heavy atom. The fourth-order valence-electron chi connectivity index (χ4n) is 4.76. The Bertz CT molecular complexity index is 687. The maximum Gasteiger partial charge on any atom is 0.251 e. The Hall–Kier alpha value is -1.42. The largest absolute Gasteiger partial charge is 0.454 e. The number of halogens is 1. The van der Waals surface area contributed by atoms with Gasteiger partial charge in [-0.05, 0) is 48.1 Å². The zero-order valence-corrected chi connectivity index (χ0v) is 14.5. The average Bonchev–Trinajstić information content (AvgIpc) is 3.10. The monoisotopic (exact) mass is 335 g/mol. The van der Waals surface area contributed by atoms with Gasteiger partial charge >= 0.3 is 0 Å². The second-order valence-electron chi connectivity index (χ2n) is 7.83. The number of fused-ring (bicyclic) bond motifs is 3. The maximum absolute atomic E-state index is 12.7. The van der Waals surface area contributed by atoms with Gasteiger partial charge in [0.15, 0.2) is 11.5 Å². The Balaban J connectivity index is 1.57. The smallest absolute Gasteiger partial charge is 0.251 e. The van der Waals surface area contributed by atoms with Crippen LogP contribution in [0.5, 0.6) is 11.5 Å². The van der Waals surface area contributed by atoms with Crippen molar-refractivity contribution in [1.29, 1.82) is 0 Å². The van der Waals surface area contributed by atoms with Crippen LogP contribution >= 0.6 is 11.6 Å². The minimum absolute atomic E-state index is 0.0835. The molecule has 2 bridgehead atoms. The fraction of sp³-hybridized carbons (Fsp3) is 0.611. The molecule has 3 unspecified atom stereocenters. The van der Waals surface area contributed by atoms with Gasteiger partial charge < -0.3 is 14.8 Å². The molecular weight excluding hydrogens is 314 g/mol. The molecule has 3 aliphatic rings. The number of rotatable bonds is 2. The minimum Gasteiger partial charge on any atom is -0.454 e. The molecule has 0 saturated heterocycles. The first-order valence-electron chi connectivity index (χ1n) is 8.23. The molecule has 1 heterocycles. The maximum atomic E-state index is 12.7. The van der Waals surface area contributed by atoms with Gasteiger partial charge in [0.2, 0.25) is 6.79 Å². The van der Waals surface area contributed by atoms with Gasteiger partial charge in [-0.2, -0.15) is 0 Å². The minimum atomic E-state index is -0.0835. The molecule has 1 aromatic carbocycles. The highest BCUT2D eigenvalue weighted by Crippen LogP contribution is 2.65. The fourth-order valence-corrected chi connectivity index (χ4v) is 5.03. The summed E-state index contributed by atoms with van der Waals surface area (Å²) in [7, 11) is 0. The van der Waals surface area contributed by atoms with Crippen molar-refractivity contribution in [3.8, 4) is 11.5 Å². The number of nitrogens with one attached hydrogen (secondary N) is 1. The molecule has 4 nitrogen and oxygen atoms in total. The van der Waals surface area contributed by atoms with E-state index in [2.05, 4.69) is 26.1 Å². The van der Waals surface area contributed by atoms with E-state index in [1.807, 2.05) is 0 Å². The molecule has 1 aliphatic heterocycles. The SMILES string of the molecule is CC1(C)C2CCC1(C)C(NC(=O)c1cc(Cl)c3c(c1)OCO3)C2. The third-order valence-electron chi connectivity index (χ3n) is 6.79. The molecule has 1 aromatic rings. The predicted molar refractivity (Wildman–Crippen MR) is 88.1 cm³/mol. The standard InChI is InChI=1S/C18H22ClNO3/c1-17(2)11-4-5-18(17,3)14(8-11)20-16(21)10-6-12(19)15-13(7-10)22-9-23-15/h6-7,11,14H,4-5,8-9H2,1-3H3,(H,20,21). The number of ether oxygens (including phenoxy) is 2. The first-order chi connectivity index (χ1) is 10.8. The summed E-state index contributed by atoms with van der Waals surface area (Å²) in [6.07, 6.45) is 3.51. The highest BCUT2D eigenvalue weighted by molar-refractivity contribution is 6.32. The van der Waals surface area contributed by atoms with E-state index in [0.29, 0.717) is 28.0 Å². The summed E-state index contributed by atoms with van der Waals surface area (Å²) in [6.45, 7) is 7.15. The zero-order chi connectivity index (χ0) is 16.4. The van der Waals surface area contributed by atoms with Gasteiger partial charge in [-0.3, -0.25) is 4.79 Å². The van der Waals surface area contributed by atoms with Crippen LogP contribution < -0.4 is 14.8 Å². The van der Waals surface area contributed by atoms with Crippen LogP contribution in [0.2, 0.25) is 5.02 Å². The van der Waals surface area contributed by atoms with Crippen LogP contribution in [0.25, 0.3) is 0 Å². The number of hydrogen-bond acceptors (Lipinski definition) is 3. The van der Waals surface area contributed by atoms with E-state index in [4.69, 9.17) is 21.1 Å². The van der Waals surface area contributed by atoms with E-state index in [1.165, 1.54) is 12.8 Å². The molecule has 3 atom stereocenters. The van der Waals surface area contributed by atoms with E-state index >= 15 is 0 Å². The molecule has 23 heavy (non-hydrogen) atoms. The van der Waals surface area contributed by atoms with Crippen molar-refractivity contribution in [1.82, 2.24) is 5.32 Å². The Morgan fingerprint density at radius 2 is 2.09 bits per heavy atom. The Labute approximate surface area is 141 Å². The van der Waals surface area contributed by atoms with Crippen LogP contribution in [0.3, 0.4) is 0 Å². The average molecular weight is 336 g/mol. The molecular formula is C18H22ClNO3. The van der Waals surface area contributed by atoms with Crippen molar-refractivity contribution in [3.05, 3.63) is 22.7 Å². The highest BCUT2D eigenvalue weighted by Gasteiger charge is 2.61.